The normalized spacial score (nSPS) is 10.0. The third kappa shape index (κ3) is 4.41. The summed E-state index contributed by atoms with van der Waals surface area (Å²) in [4.78, 5) is 8.13. The topological polar surface area (TPSA) is 138 Å². The van der Waals surface area contributed by atoms with Crippen LogP contribution in [0, 0.1) is 22.7 Å². The minimum absolute atomic E-state index is 0.0247. The van der Waals surface area contributed by atoms with E-state index >= 15 is 0 Å². The molecule has 8 nitrogen and oxygen atoms in total. The minimum Gasteiger partial charge on any atom is -0.491 e. The first-order valence-corrected chi connectivity index (χ1v) is 8.67. The van der Waals surface area contributed by atoms with Gasteiger partial charge in [0, 0.05) is 23.5 Å². The summed E-state index contributed by atoms with van der Waals surface area (Å²) in [5.74, 6) is 0.571. The number of aromatic nitrogens is 2. The van der Waals surface area contributed by atoms with Crippen LogP contribution in [0.15, 0.2) is 48.8 Å². The van der Waals surface area contributed by atoms with Gasteiger partial charge in [-0.25, -0.2) is 0 Å². The van der Waals surface area contributed by atoms with Crippen molar-refractivity contribution in [2.24, 2.45) is 0 Å². The highest BCUT2D eigenvalue weighted by atomic mass is 16.5. The van der Waals surface area contributed by atoms with E-state index in [9.17, 15) is 10.5 Å². The largest absolute Gasteiger partial charge is 0.491 e. The van der Waals surface area contributed by atoms with E-state index < -0.39 is 0 Å². The molecule has 3 rings (SSSR count). The van der Waals surface area contributed by atoms with E-state index in [-0.39, 0.29) is 42.6 Å². The number of aliphatic hydroxyl groups excluding tert-OH is 1. The third-order valence-electron chi connectivity index (χ3n) is 4.02. The number of rotatable bonds is 7. The fraction of sp³-hybridized carbons (Fsp3) is 0.143. The average molecular weight is 387 g/mol. The molecule has 0 bridgehead atoms. The van der Waals surface area contributed by atoms with Gasteiger partial charge in [-0.15, -0.1) is 0 Å². The van der Waals surface area contributed by atoms with Crippen molar-refractivity contribution < 1.29 is 14.6 Å². The smallest absolute Gasteiger partial charge is 0.234 e. The van der Waals surface area contributed by atoms with Crippen molar-refractivity contribution in [1.82, 2.24) is 9.97 Å². The standard InChI is InChI=1S/C21H17N5O3/c22-10-17-19(15-3-5-16(6-4-15)28-9-8-27)18(11-23)21(26-20(17)24)29-13-14-2-1-7-25-12-14/h1-7,12,27H,8-9,13H2,(H2,24,26). The lowest BCUT2D eigenvalue weighted by Crippen LogP contribution is -2.06. The summed E-state index contributed by atoms with van der Waals surface area (Å²) in [6.07, 6.45) is 3.29. The number of aliphatic hydroxyl groups is 1. The first-order chi connectivity index (χ1) is 14.2. The fourth-order valence-electron chi connectivity index (χ4n) is 2.71. The fourth-order valence-corrected chi connectivity index (χ4v) is 2.71. The minimum atomic E-state index is -0.0998. The summed E-state index contributed by atoms with van der Waals surface area (Å²) in [6, 6.07) is 14.5. The lowest BCUT2D eigenvalue weighted by Gasteiger charge is -2.14. The molecule has 0 amide bonds. The van der Waals surface area contributed by atoms with Crippen LogP contribution in [-0.4, -0.2) is 28.3 Å². The van der Waals surface area contributed by atoms with Crippen LogP contribution in [0.3, 0.4) is 0 Å². The molecule has 0 spiro atoms. The number of anilines is 1. The maximum Gasteiger partial charge on any atom is 0.234 e. The zero-order chi connectivity index (χ0) is 20.6. The maximum atomic E-state index is 9.75. The molecule has 1 aromatic carbocycles. The Kier molecular flexibility index (Phi) is 6.21. The second-order valence-electron chi connectivity index (χ2n) is 5.90. The summed E-state index contributed by atoms with van der Waals surface area (Å²) in [5.41, 5.74) is 7.92. The number of ether oxygens (including phenoxy) is 2. The molecule has 29 heavy (non-hydrogen) atoms. The summed E-state index contributed by atoms with van der Waals surface area (Å²) >= 11 is 0. The van der Waals surface area contributed by atoms with Gasteiger partial charge in [-0.05, 0) is 23.8 Å². The van der Waals surface area contributed by atoms with Crippen molar-refractivity contribution in [3.63, 3.8) is 0 Å². The molecular weight excluding hydrogens is 370 g/mol. The van der Waals surface area contributed by atoms with Crippen molar-refractivity contribution in [3.05, 3.63) is 65.5 Å². The first kappa shape index (κ1) is 19.6. The predicted octanol–water partition coefficient (Wildman–Crippen LogP) is 2.42. The van der Waals surface area contributed by atoms with Crippen molar-refractivity contribution in [2.75, 3.05) is 18.9 Å². The monoisotopic (exact) mass is 387 g/mol. The summed E-state index contributed by atoms with van der Waals surface area (Å²) < 4.78 is 11.1. The molecular formula is C21H17N5O3. The number of nitrogens with two attached hydrogens (primary N) is 1. The Hall–Kier alpha value is -4.14. The molecule has 3 aromatic rings. The van der Waals surface area contributed by atoms with Crippen LogP contribution in [0.25, 0.3) is 11.1 Å². The highest BCUT2D eigenvalue weighted by molar-refractivity contribution is 5.82. The molecule has 0 radical (unpaired) electrons. The molecule has 3 N–H and O–H groups in total. The van der Waals surface area contributed by atoms with Gasteiger partial charge in [0.15, 0.2) is 0 Å². The molecule has 144 valence electrons. The van der Waals surface area contributed by atoms with Gasteiger partial charge in [0.1, 0.15) is 48.0 Å². The van der Waals surface area contributed by atoms with Gasteiger partial charge >= 0.3 is 0 Å². The van der Waals surface area contributed by atoms with E-state index in [1.54, 1.807) is 42.7 Å². The lowest BCUT2D eigenvalue weighted by molar-refractivity contribution is 0.201. The number of nitrogen functional groups attached to an aromatic ring is 1. The zero-order valence-corrected chi connectivity index (χ0v) is 15.4. The van der Waals surface area contributed by atoms with Gasteiger partial charge in [0.25, 0.3) is 0 Å². The van der Waals surface area contributed by atoms with Crippen molar-refractivity contribution >= 4 is 5.82 Å². The van der Waals surface area contributed by atoms with E-state index in [4.69, 9.17) is 20.3 Å². The molecule has 0 aliphatic carbocycles. The van der Waals surface area contributed by atoms with E-state index in [0.717, 1.165) is 5.56 Å². The second-order valence-corrected chi connectivity index (χ2v) is 5.90. The highest BCUT2D eigenvalue weighted by Gasteiger charge is 2.21. The molecule has 0 fully saturated rings. The van der Waals surface area contributed by atoms with E-state index in [0.29, 0.717) is 16.9 Å². The molecule has 0 aliphatic rings. The first-order valence-electron chi connectivity index (χ1n) is 8.67. The van der Waals surface area contributed by atoms with Crippen LogP contribution < -0.4 is 15.2 Å². The predicted molar refractivity (Wildman–Crippen MR) is 105 cm³/mol. The molecule has 0 saturated carbocycles. The Bertz CT molecular complexity index is 1070. The van der Waals surface area contributed by atoms with Crippen LogP contribution in [0.2, 0.25) is 0 Å². The zero-order valence-electron chi connectivity index (χ0n) is 15.4. The highest BCUT2D eigenvalue weighted by Crippen LogP contribution is 2.36. The molecule has 0 unspecified atom stereocenters. The van der Waals surface area contributed by atoms with Crippen LogP contribution >= 0.6 is 0 Å². The number of nitriles is 2. The van der Waals surface area contributed by atoms with Gasteiger partial charge in [-0.2, -0.15) is 15.5 Å². The van der Waals surface area contributed by atoms with Gasteiger partial charge in [0.2, 0.25) is 5.88 Å². The Morgan fingerprint density at radius 3 is 2.41 bits per heavy atom. The summed E-state index contributed by atoms with van der Waals surface area (Å²) in [6.45, 7) is 0.215. The lowest BCUT2D eigenvalue weighted by atomic mass is 9.96. The number of pyridine rings is 2. The van der Waals surface area contributed by atoms with Crippen molar-refractivity contribution in [3.8, 4) is 34.9 Å². The number of benzene rings is 1. The second kappa shape index (κ2) is 9.18. The summed E-state index contributed by atoms with van der Waals surface area (Å²) in [5, 5.41) is 28.2. The van der Waals surface area contributed by atoms with E-state index in [1.807, 2.05) is 12.1 Å². The Morgan fingerprint density at radius 1 is 1.03 bits per heavy atom. The number of hydrogen-bond acceptors (Lipinski definition) is 8. The maximum absolute atomic E-state index is 9.75. The Balaban J connectivity index is 2.02. The number of hydrogen-bond donors (Lipinski definition) is 2. The average Bonchev–Trinajstić information content (AvgIpc) is 2.76. The van der Waals surface area contributed by atoms with Crippen LogP contribution in [-0.2, 0) is 6.61 Å². The van der Waals surface area contributed by atoms with Gasteiger partial charge in [0.05, 0.1) is 6.61 Å². The van der Waals surface area contributed by atoms with Crippen LogP contribution in [0.1, 0.15) is 16.7 Å². The van der Waals surface area contributed by atoms with Crippen LogP contribution in [0.4, 0.5) is 5.82 Å². The quantitative estimate of drug-likeness (QED) is 0.630. The number of nitrogens with zero attached hydrogens (tertiary/aromatic N) is 4. The molecule has 0 saturated heterocycles. The summed E-state index contributed by atoms with van der Waals surface area (Å²) in [7, 11) is 0. The molecule has 2 heterocycles. The molecule has 2 aromatic heterocycles. The molecule has 0 atom stereocenters. The SMILES string of the molecule is N#Cc1c(N)nc(OCc2cccnc2)c(C#N)c1-c1ccc(OCCO)cc1. The van der Waals surface area contributed by atoms with E-state index in [2.05, 4.69) is 16.0 Å². The van der Waals surface area contributed by atoms with Crippen LogP contribution in [0.5, 0.6) is 11.6 Å². The van der Waals surface area contributed by atoms with E-state index in [1.165, 1.54) is 0 Å². The third-order valence-corrected chi connectivity index (χ3v) is 4.02. The molecule has 0 aliphatic heterocycles. The Labute approximate surface area is 167 Å². The molecule has 8 heteroatoms. The van der Waals surface area contributed by atoms with Crippen molar-refractivity contribution in [2.45, 2.75) is 6.61 Å². The Morgan fingerprint density at radius 2 is 1.79 bits per heavy atom. The van der Waals surface area contributed by atoms with Gasteiger partial charge in [-0.1, -0.05) is 18.2 Å². The van der Waals surface area contributed by atoms with Gasteiger partial charge < -0.3 is 20.3 Å². The van der Waals surface area contributed by atoms with Gasteiger partial charge in [-0.3, -0.25) is 4.98 Å². The van der Waals surface area contributed by atoms with Crippen molar-refractivity contribution in [1.29, 1.82) is 10.5 Å².